The van der Waals surface area contributed by atoms with Gasteiger partial charge in [0.1, 0.15) is 11.4 Å². The molecule has 2 heterocycles. The number of hydrogen-bond donors (Lipinski definition) is 2. The van der Waals surface area contributed by atoms with Crippen molar-refractivity contribution in [2.45, 2.75) is 18.9 Å². The van der Waals surface area contributed by atoms with E-state index < -0.39 is 5.97 Å². The maximum absolute atomic E-state index is 12.9. The highest BCUT2D eigenvalue weighted by Gasteiger charge is 2.30. The summed E-state index contributed by atoms with van der Waals surface area (Å²) in [5.41, 5.74) is 1.65. The Labute approximate surface area is 161 Å². The first-order valence-corrected chi connectivity index (χ1v) is 8.96. The smallest absolute Gasteiger partial charge is 0.356 e. The quantitative estimate of drug-likeness (QED) is 0.713. The van der Waals surface area contributed by atoms with Gasteiger partial charge in [-0.15, -0.1) is 0 Å². The van der Waals surface area contributed by atoms with E-state index in [0.717, 1.165) is 11.3 Å². The number of aromatic carboxylic acids is 1. The number of aromatic nitrogens is 2. The molecular formula is C21H19N3O4. The van der Waals surface area contributed by atoms with Gasteiger partial charge in [-0.2, -0.15) is 5.10 Å². The van der Waals surface area contributed by atoms with Crippen LogP contribution in [0.4, 0.5) is 0 Å². The summed E-state index contributed by atoms with van der Waals surface area (Å²) in [7, 11) is 0. The van der Waals surface area contributed by atoms with Gasteiger partial charge in [0.2, 0.25) is 0 Å². The van der Waals surface area contributed by atoms with Gasteiger partial charge in [-0.3, -0.25) is 4.79 Å². The van der Waals surface area contributed by atoms with Gasteiger partial charge in [-0.1, -0.05) is 36.4 Å². The first-order chi connectivity index (χ1) is 13.5. The van der Waals surface area contributed by atoms with Crippen LogP contribution >= 0.6 is 0 Å². The zero-order chi connectivity index (χ0) is 19.7. The van der Waals surface area contributed by atoms with Crippen LogP contribution in [-0.4, -0.2) is 39.4 Å². The molecule has 1 amide bonds. The topological polar surface area (TPSA) is 93.5 Å². The number of carbonyl (C=O) groups excluding carboxylic acids is 1. The van der Waals surface area contributed by atoms with E-state index in [1.54, 1.807) is 24.3 Å². The van der Waals surface area contributed by atoms with E-state index in [9.17, 15) is 14.7 Å². The van der Waals surface area contributed by atoms with Gasteiger partial charge >= 0.3 is 5.97 Å². The van der Waals surface area contributed by atoms with Crippen LogP contribution in [0.5, 0.6) is 5.75 Å². The first kappa shape index (κ1) is 17.8. The third-order valence-corrected chi connectivity index (χ3v) is 4.86. The lowest BCUT2D eigenvalue weighted by molar-refractivity contribution is 0.0689. The van der Waals surface area contributed by atoms with Crippen LogP contribution in [0.15, 0.2) is 60.7 Å². The van der Waals surface area contributed by atoms with Crippen LogP contribution in [0.25, 0.3) is 5.69 Å². The average molecular weight is 377 g/mol. The van der Waals surface area contributed by atoms with Gasteiger partial charge in [-0.25, -0.2) is 9.48 Å². The van der Waals surface area contributed by atoms with E-state index in [1.165, 1.54) is 10.7 Å². The van der Waals surface area contributed by atoms with Crippen LogP contribution in [0.1, 0.15) is 39.4 Å². The van der Waals surface area contributed by atoms with Gasteiger partial charge in [0.05, 0.1) is 12.3 Å². The largest absolute Gasteiger partial charge is 0.493 e. The maximum atomic E-state index is 12.9. The molecule has 0 fully saturated rings. The third kappa shape index (κ3) is 3.22. The van der Waals surface area contributed by atoms with Crippen molar-refractivity contribution in [3.8, 4) is 11.4 Å². The molecule has 1 aromatic heterocycles. The van der Waals surface area contributed by atoms with Gasteiger partial charge < -0.3 is 15.2 Å². The summed E-state index contributed by atoms with van der Waals surface area (Å²) >= 11 is 0. The Morgan fingerprint density at radius 3 is 2.64 bits per heavy atom. The Kier molecular flexibility index (Phi) is 4.57. The lowest BCUT2D eigenvalue weighted by Gasteiger charge is -2.20. The molecule has 0 unspecified atom stereocenters. The predicted molar refractivity (Wildman–Crippen MR) is 102 cm³/mol. The number of amides is 1. The highest BCUT2D eigenvalue weighted by atomic mass is 16.5. The number of hydrogen-bond acceptors (Lipinski definition) is 4. The molecule has 2 aromatic carbocycles. The maximum Gasteiger partial charge on any atom is 0.356 e. The van der Waals surface area contributed by atoms with E-state index in [4.69, 9.17) is 4.74 Å². The van der Waals surface area contributed by atoms with Crippen LogP contribution in [0.3, 0.4) is 0 Å². The number of nitrogens with zero attached hydrogens (tertiary/aromatic N) is 2. The number of fused-ring (bicyclic) bond motifs is 1. The molecule has 7 nitrogen and oxygen atoms in total. The summed E-state index contributed by atoms with van der Waals surface area (Å²) in [6.07, 6.45) is 0. The molecule has 3 aromatic rings. The molecule has 0 radical (unpaired) electrons. The summed E-state index contributed by atoms with van der Waals surface area (Å²) in [5.74, 6) is -0.723. The minimum absolute atomic E-state index is 0.0205. The van der Waals surface area contributed by atoms with Crippen LogP contribution < -0.4 is 10.1 Å². The molecule has 0 spiro atoms. The standard InChI is InChI=1S/C21H19N3O4/c1-13(16-12-28-19-10-6-5-9-15(16)19)22-20(25)18-11-17(21(26)27)23-24(18)14-7-3-2-4-8-14/h2-11,13,16H,12H2,1H3,(H,22,25)(H,26,27)/t13-,16-/m0/s1. The minimum atomic E-state index is -1.19. The van der Waals surface area contributed by atoms with Crippen molar-refractivity contribution in [3.63, 3.8) is 0 Å². The lowest BCUT2D eigenvalue weighted by Crippen LogP contribution is -2.38. The Balaban J connectivity index is 1.61. The fourth-order valence-electron chi connectivity index (χ4n) is 3.40. The molecule has 142 valence electrons. The van der Waals surface area contributed by atoms with Gasteiger partial charge in [0, 0.05) is 23.6 Å². The van der Waals surface area contributed by atoms with Crippen molar-refractivity contribution in [2.75, 3.05) is 6.61 Å². The number of carboxylic acids is 1. The van der Waals surface area contributed by atoms with Gasteiger partial charge in [-0.05, 0) is 25.1 Å². The van der Waals surface area contributed by atoms with Crippen molar-refractivity contribution >= 4 is 11.9 Å². The second-order valence-corrected chi connectivity index (χ2v) is 6.68. The summed E-state index contributed by atoms with van der Waals surface area (Å²) < 4.78 is 7.05. The van der Waals surface area contributed by atoms with Crippen molar-refractivity contribution in [1.82, 2.24) is 15.1 Å². The summed E-state index contributed by atoms with van der Waals surface area (Å²) in [4.78, 5) is 24.3. The number of rotatable bonds is 5. The zero-order valence-corrected chi connectivity index (χ0v) is 15.2. The average Bonchev–Trinajstić information content (AvgIpc) is 3.33. The molecular weight excluding hydrogens is 358 g/mol. The van der Waals surface area contributed by atoms with E-state index in [-0.39, 0.29) is 29.3 Å². The monoisotopic (exact) mass is 377 g/mol. The molecule has 4 rings (SSSR count). The SMILES string of the molecule is C[C@H](NC(=O)c1cc(C(=O)O)nn1-c1ccccc1)[C@@H]1COc2ccccc21. The van der Waals surface area contributed by atoms with Gasteiger partial charge in [0.25, 0.3) is 5.91 Å². The zero-order valence-electron chi connectivity index (χ0n) is 15.2. The number of carbonyl (C=O) groups is 2. The fraction of sp³-hybridized carbons (Fsp3) is 0.190. The van der Waals surface area contributed by atoms with Gasteiger partial charge in [0.15, 0.2) is 5.69 Å². The van der Waals surface area contributed by atoms with Crippen LogP contribution in [-0.2, 0) is 0 Å². The lowest BCUT2D eigenvalue weighted by atomic mass is 9.94. The Morgan fingerprint density at radius 1 is 1.18 bits per heavy atom. The second kappa shape index (κ2) is 7.19. The summed E-state index contributed by atoms with van der Waals surface area (Å²) in [6, 6.07) is 17.8. The fourth-order valence-corrected chi connectivity index (χ4v) is 3.40. The Hall–Kier alpha value is -3.61. The van der Waals surface area contributed by atoms with E-state index in [0.29, 0.717) is 12.3 Å². The number of para-hydroxylation sites is 2. The van der Waals surface area contributed by atoms with Crippen molar-refractivity contribution < 1.29 is 19.4 Å². The van der Waals surface area contributed by atoms with E-state index in [2.05, 4.69) is 10.4 Å². The second-order valence-electron chi connectivity index (χ2n) is 6.68. The first-order valence-electron chi connectivity index (χ1n) is 8.96. The Morgan fingerprint density at radius 2 is 1.89 bits per heavy atom. The summed E-state index contributed by atoms with van der Waals surface area (Å²) in [6.45, 7) is 2.40. The van der Waals surface area contributed by atoms with Crippen molar-refractivity contribution in [1.29, 1.82) is 0 Å². The number of benzene rings is 2. The molecule has 2 atom stereocenters. The van der Waals surface area contributed by atoms with Crippen LogP contribution in [0.2, 0.25) is 0 Å². The molecule has 2 N–H and O–H groups in total. The summed E-state index contributed by atoms with van der Waals surface area (Å²) in [5, 5.41) is 16.3. The molecule has 0 aliphatic carbocycles. The molecule has 7 heteroatoms. The predicted octanol–water partition coefficient (Wildman–Crippen LogP) is 2.87. The Bertz CT molecular complexity index is 1030. The number of nitrogens with one attached hydrogen (secondary N) is 1. The highest BCUT2D eigenvalue weighted by molar-refractivity contribution is 5.96. The normalized spacial score (nSPS) is 16.1. The minimum Gasteiger partial charge on any atom is -0.493 e. The van der Waals surface area contributed by atoms with Crippen molar-refractivity contribution in [3.05, 3.63) is 77.6 Å². The van der Waals surface area contributed by atoms with Crippen molar-refractivity contribution in [2.24, 2.45) is 0 Å². The molecule has 28 heavy (non-hydrogen) atoms. The van der Waals surface area contributed by atoms with E-state index in [1.807, 2.05) is 37.3 Å². The molecule has 0 bridgehead atoms. The number of carboxylic acid groups (broad SMARTS) is 1. The van der Waals surface area contributed by atoms with E-state index >= 15 is 0 Å². The molecule has 0 saturated heterocycles. The molecule has 1 aliphatic heterocycles. The third-order valence-electron chi connectivity index (χ3n) is 4.86. The molecule has 1 aliphatic rings. The molecule has 0 saturated carbocycles. The van der Waals surface area contributed by atoms with Crippen LogP contribution in [0, 0.1) is 0 Å². The number of ether oxygens (including phenoxy) is 1. The highest BCUT2D eigenvalue weighted by Crippen LogP contribution is 2.35.